The molecule has 0 bridgehead atoms. The topological polar surface area (TPSA) is 75.4 Å². The van der Waals surface area contributed by atoms with Crippen molar-refractivity contribution in [2.45, 2.75) is 26.8 Å². The highest BCUT2D eigenvalue weighted by Gasteiger charge is 2.23. The molecule has 0 atom stereocenters. The van der Waals surface area contributed by atoms with Gasteiger partial charge in [-0.05, 0) is 50.6 Å². The van der Waals surface area contributed by atoms with E-state index in [0.717, 1.165) is 0 Å². The summed E-state index contributed by atoms with van der Waals surface area (Å²) in [5.41, 5.74) is 1.47. The Hall–Kier alpha value is -2.70. The predicted molar refractivity (Wildman–Crippen MR) is 82.1 cm³/mol. The number of amides is 1. The Morgan fingerprint density at radius 2 is 2.04 bits per heavy atom. The van der Waals surface area contributed by atoms with E-state index in [9.17, 15) is 14.0 Å². The van der Waals surface area contributed by atoms with Gasteiger partial charge in [-0.3, -0.25) is 9.59 Å². The zero-order chi connectivity index (χ0) is 17.1. The number of aliphatic carboxylic acids is 1. The first-order valence-electron chi connectivity index (χ1n) is 7.14. The van der Waals surface area contributed by atoms with Crippen LogP contribution in [0.15, 0.2) is 30.5 Å². The molecule has 0 spiro atoms. The maximum absolute atomic E-state index is 13.2. The Kier molecular flexibility index (Phi) is 4.78. The summed E-state index contributed by atoms with van der Waals surface area (Å²) in [5.74, 6) is -1.89. The van der Waals surface area contributed by atoms with Crippen molar-refractivity contribution in [3.63, 3.8) is 0 Å². The quantitative estimate of drug-likeness (QED) is 0.917. The van der Waals surface area contributed by atoms with Gasteiger partial charge in [0.25, 0.3) is 5.91 Å². The maximum atomic E-state index is 13.2. The van der Waals surface area contributed by atoms with Gasteiger partial charge in [0.15, 0.2) is 5.69 Å². The zero-order valence-electron chi connectivity index (χ0n) is 13.2. The zero-order valence-corrected chi connectivity index (χ0v) is 13.2. The van der Waals surface area contributed by atoms with E-state index in [1.165, 1.54) is 27.8 Å². The molecule has 0 fully saturated rings. The number of nitrogens with zero attached hydrogens (tertiary/aromatic N) is 3. The van der Waals surface area contributed by atoms with Crippen LogP contribution in [0.4, 0.5) is 4.39 Å². The summed E-state index contributed by atoms with van der Waals surface area (Å²) in [5, 5.41) is 13.1. The van der Waals surface area contributed by atoms with Crippen LogP contribution in [0.5, 0.6) is 0 Å². The highest BCUT2D eigenvalue weighted by molar-refractivity contribution is 5.94. The highest BCUT2D eigenvalue weighted by atomic mass is 19.1. The van der Waals surface area contributed by atoms with Crippen LogP contribution < -0.4 is 0 Å². The lowest BCUT2D eigenvalue weighted by Crippen LogP contribution is -2.40. The minimum absolute atomic E-state index is 0.142. The average molecular weight is 319 g/mol. The first kappa shape index (κ1) is 16.7. The van der Waals surface area contributed by atoms with Gasteiger partial charge in [0.05, 0.1) is 5.69 Å². The van der Waals surface area contributed by atoms with E-state index < -0.39 is 11.9 Å². The van der Waals surface area contributed by atoms with Gasteiger partial charge in [-0.15, -0.1) is 0 Å². The number of carboxylic acid groups (broad SMARTS) is 1. The molecule has 1 heterocycles. The smallest absolute Gasteiger partial charge is 0.323 e. The fourth-order valence-electron chi connectivity index (χ4n) is 2.23. The van der Waals surface area contributed by atoms with Crippen molar-refractivity contribution in [3.8, 4) is 5.69 Å². The van der Waals surface area contributed by atoms with Crippen LogP contribution in [-0.2, 0) is 4.79 Å². The van der Waals surface area contributed by atoms with Gasteiger partial charge in [-0.25, -0.2) is 9.07 Å². The number of carbonyl (C=O) groups excluding carboxylic acids is 1. The minimum atomic E-state index is -1.08. The van der Waals surface area contributed by atoms with Gasteiger partial charge in [0.1, 0.15) is 12.4 Å². The summed E-state index contributed by atoms with van der Waals surface area (Å²) < 4.78 is 14.6. The van der Waals surface area contributed by atoms with Gasteiger partial charge in [0, 0.05) is 12.2 Å². The normalized spacial score (nSPS) is 10.8. The number of rotatable bonds is 5. The molecule has 0 aliphatic rings. The van der Waals surface area contributed by atoms with Crippen molar-refractivity contribution in [2.75, 3.05) is 6.54 Å². The Labute approximate surface area is 133 Å². The molecule has 6 nitrogen and oxygen atoms in total. The molecule has 0 aliphatic heterocycles. The molecule has 1 aromatic heterocycles. The first-order chi connectivity index (χ1) is 10.8. The molecule has 0 saturated heterocycles. The molecule has 2 rings (SSSR count). The monoisotopic (exact) mass is 319 g/mol. The number of carboxylic acids is 1. The van der Waals surface area contributed by atoms with Gasteiger partial charge >= 0.3 is 5.97 Å². The van der Waals surface area contributed by atoms with Crippen LogP contribution in [0.1, 0.15) is 29.9 Å². The predicted octanol–water partition coefficient (Wildman–Crippen LogP) is 2.26. The van der Waals surface area contributed by atoms with Crippen molar-refractivity contribution in [3.05, 3.63) is 47.5 Å². The van der Waals surface area contributed by atoms with Gasteiger partial charge < -0.3 is 10.0 Å². The fraction of sp³-hybridized carbons (Fsp3) is 0.312. The lowest BCUT2D eigenvalue weighted by atomic mass is 10.2. The van der Waals surface area contributed by atoms with E-state index >= 15 is 0 Å². The molecule has 7 heteroatoms. The average Bonchev–Trinajstić information content (AvgIpc) is 2.93. The van der Waals surface area contributed by atoms with E-state index in [4.69, 9.17) is 5.11 Å². The van der Waals surface area contributed by atoms with Gasteiger partial charge in [-0.2, -0.15) is 5.10 Å². The molecule has 1 N–H and O–H groups in total. The number of aryl methyl sites for hydroxylation is 1. The second-order valence-corrected chi connectivity index (χ2v) is 5.50. The third-order valence-corrected chi connectivity index (χ3v) is 3.40. The van der Waals surface area contributed by atoms with E-state index in [2.05, 4.69) is 5.10 Å². The van der Waals surface area contributed by atoms with Crippen molar-refractivity contribution >= 4 is 11.9 Å². The Morgan fingerprint density at radius 3 is 2.61 bits per heavy atom. The summed E-state index contributed by atoms with van der Waals surface area (Å²) in [6.45, 7) is 4.83. The molecule has 0 radical (unpaired) electrons. The van der Waals surface area contributed by atoms with E-state index in [-0.39, 0.29) is 24.1 Å². The summed E-state index contributed by atoms with van der Waals surface area (Å²) in [6, 6.07) is 5.52. The summed E-state index contributed by atoms with van der Waals surface area (Å²) in [6.07, 6.45) is 1.59. The summed E-state index contributed by atoms with van der Waals surface area (Å²) in [7, 11) is 0. The van der Waals surface area contributed by atoms with E-state index in [0.29, 0.717) is 11.3 Å². The largest absolute Gasteiger partial charge is 0.480 e. The fourth-order valence-corrected chi connectivity index (χ4v) is 2.23. The van der Waals surface area contributed by atoms with Crippen molar-refractivity contribution in [1.29, 1.82) is 0 Å². The van der Waals surface area contributed by atoms with E-state index in [1.54, 1.807) is 33.0 Å². The van der Waals surface area contributed by atoms with Crippen LogP contribution in [0.3, 0.4) is 0 Å². The second kappa shape index (κ2) is 6.60. The van der Waals surface area contributed by atoms with Crippen LogP contribution >= 0.6 is 0 Å². The minimum Gasteiger partial charge on any atom is -0.480 e. The Balaban J connectivity index is 2.30. The second-order valence-electron chi connectivity index (χ2n) is 5.50. The molecule has 1 amide bonds. The molecule has 2 aromatic rings. The van der Waals surface area contributed by atoms with Crippen molar-refractivity contribution < 1.29 is 19.1 Å². The van der Waals surface area contributed by atoms with Gasteiger partial charge in [0.2, 0.25) is 0 Å². The lowest BCUT2D eigenvalue weighted by Gasteiger charge is -2.23. The molecule has 122 valence electrons. The number of aromatic nitrogens is 2. The first-order valence-corrected chi connectivity index (χ1v) is 7.14. The number of carbonyl (C=O) groups is 2. The van der Waals surface area contributed by atoms with Gasteiger partial charge in [-0.1, -0.05) is 0 Å². The Bertz CT molecular complexity index is 740. The standard InChI is InChI=1S/C16H18FN3O3/c1-10(2)19(9-15(21)22)16(23)13-6-7-20(18-13)14-5-4-12(17)8-11(14)3/h4-8,10H,9H2,1-3H3,(H,21,22). The number of benzene rings is 1. The molecule has 23 heavy (non-hydrogen) atoms. The van der Waals surface area contributed by atoms with Crippen molar-refractivity contribution in [1.82, 2.24) is 14.7 Å². The summed E-state index contributed by atoms with van der Waals surface area (Å²) >= 11 is 0. The SMILES string of the molecule is Cc1cc(F)ccc1-n1ccc(C(=O)N(CC(=O)O)C(C)C)n1. The molecular formula is C16H18FN3O3. The van der Waals surface area contributed by atoms with Crippen LogP contribution in [0.25, 0.3) is 5.69 Å². The number of halogens is 1. The molecular weight excluding hydrogens is 301 g/mol. The third-order valence-electron chi connectivity index (χ3n) is 3.40. The molecule has 0 unspecified atom stereocenters. The van der Waals surface area contributed by atoms with Crippen LogP contribution in [0.2, 0.25) is 0 Å². The number of hydrogen-bond acceptors (Lipinski definition) is 3. The molecule has 0 aliphatic carbocycles. The third kappa shape index (κ3) is 3.74. The summed E-state index contributed by atoms with van der Waals surface area (Å²) in [4.78, 5) is 24.6. The maximum Gasteiger partial charge on any atom is 0.323 e. The van der Waals surface area contributed by atoms with E-state index in [1.807, 2.05) is 0 Å². The Morgan fingerprint density at radius 1 is 1.35 bits per heavy atom. The highest BCUT2D eigenvalue weighted by Crippen LogP contribution is 2.16. The van der Waals surface area contributed by atoms with Crippen LogP contribution in [-0.4, -0.2) is 44.3 Å². The number of hydrogen-bond donors (Lipinski definition) is 1. The lowest BCUT2D eigenvalue weighted by molar-refractivity contribution is -0.138. The molecule has 0 saturated carbocycles. The molecule has 1 aromatic carbocycles. The van der Waals surface area contributed by atoms with Crippen LogP contribution in [0, 0.1) is 12.7 Å². The van der Waals surface area contributed by atoms with Crippen molar-refractivity contribution in [2.24, 2.45) is 0 Å².